The number of hydrogen-bond donors (Lipinski definition) is 3. The summed E-state index contributed by atoms with van der Waals surface area (Å²) in [5, 5.41) is 22.8. The van der Waals surface area contributed by atoms with Crippen LogP contribution in [0.1, 0.15) is 18.9 Å². The minimum Gasteiger partial charge on any atom is -0.491 e. The lowest BCUT2D eigenvalue weighted by molar-refractivity contribution is 0.0937. The quantitative estimate of drug-likeness (QED) is 0.393. The van der Waals surface area contributed by atoms with Crippen LogP contribution in [0, 0.1) is 0 Å². The molecule has 3 aromatic rings. The van der Waals surface area contributed by atoms with Crippen molar-refractivity contribution in [3.05, 3.63) is 50.7 Å². The topological polar surface area (TPSA) is 124 Å². The van der Waals surface area contributed by atoms with Gasteiger partial charge in [0.1, 0.15) is 18.5 Å². The number of nitrogens with zero attached hydrogens (tertiary/aromatic N) is 4. The van der Waals surface area contributed by atoms with Crippen LogP contribution in [-0.2, 0) is 27.1 Å². The lowest BCUT2D eigenvalue weighted by Crippen LogP contribution is -2.38. The summed E-state index contributed by atoms with van der Waals surface area (Å²) in [6.45, 7) is 2.54. The fourth-order valence-electron chi connectivity index (χ4n) is 3.35. The summed E-state index contributed by atoms with van der Waals surface area (Å²) < 4.78 is 9.60. The zero-order valence-corrected chi connectivity index (χ0v) is 18.0. The molecule has 0 saturated carbocycles. The van der Waals surface area contributed by atoms with Gasteiger partial charge in [-0.15, -0.1) is 0 Å². The van der Waals surface area contributed by atoms with E-state index in [9.17, 15) is 14.7 Å². The summed E-state index contributed by atoms with van der Waals surface area (Å²) >= 11 is 0. The second kappa shape index (κ2) is 9.80. The number of ether oxygens (including phenoxy) is 1. The van der Waals surface area contributed by atoms with Crippen LogP contribution < -0.4 is 21.3 Å². The van der Waals surface area contributed by atoms with Crippen LogP contribution in [0.2, 0.25) is 0 Å². The van der Waals surface area contributed by atoms with Gasteiger partial charge in [0.2, 0.25) is 5.95 Å². The summed E-state index contributed by atoms with van der Waals surface area (Å²) in [5.74, 6) is 1.00. The molecule has 0 aliphatic carbocycles. The van der Waals surface area contributed by atoms with Gasteiger partial charge in [-0.1, -0.05) is 19.1 Å². The first-order valence-electron chi connectivity index (χ1n) is 10.3. The summed E-state index contributed by atoms with van der Waals surface area (Å²) in [6.07, 6.45) is 0.439. The maximum atomic E-state index is 12.8. The zero-order chi connectivity index (χ0) is 22.5. The molecule has 0 saturated heterocycles. The highest BCUT2D eigenvalue weighted by Gasteiger charge is 2.21. The van der Waals surface area contributed by atoms with E-state index in [1.54, 1.807) is 11.6 Å². The summed E-state index contributed by atoms with van der Waals surface area (Å²) in [4.78, 5) is 29.5. The fourth-order valence-corrected chi connectivity index (χ4v) is 3.35. The molecule has 2 aromatic heterocycles. The van der Waals surface area contributed by atoms with Crippen LogP contribution in [0.5, 0.6) is 5.75 Å². The molecule has 10 heteroatoms. The molecule has 0 unspecified atom stereocenters. The second-order valence-electron chi connectivity index (χ2n) is 7.39. The van der Waals surface area contributed by atoms with Crippen molar-refractivity contribution >= 4 is 17.1 Å². The van der Waals surface area contributed by atoms with Gasteiger partial charge in [-0.25, -0.2) is 4.79 Å². The molecule has 0 amide bonds. The average Bonchev–Trinajstić information content (AvgIpc) is 3.13. The van der Waals surface area contributed by atoms with E-state index in [0.717, 1.165) is 16.6 Å². The van der Waals surface area contributed by atoms with E-state index in [1.165, 1.54) is 11.6 Å². The number of aliphatic hydroxyl groups is 2. The van der Waals surface area contributed by atoms with E-state index < -0.39 is 17.4 Å². The van der Waals surface area contributed by atoms with Gasteiger partial charge in [0.25, 0.3) is 5.56 Å². The highest BCUT2D eigenvalue weighted by Crippen LogP contribution is 2.18. The molecule has 3 rings (SSSR count). The summed E-state index contributed by atoms with van der Waals surface area (Å²) in [7, 11) is 2.94. The third kappa shape index (κ3) is 4.80. The highest BCUT2D eigenvalue weighted by atomic mass is 16.5. The SMILES string of the molecule is CCc1cccc(OC[C@H](O)Cn2c(NCCCO)nc3c2c(=O)n(C)c(=O)n3C)c1. The molecule has 2 heterocycles. The molecular formula is C21H29N5O5. The highest BCUT2D eigenvalue weighted by molar-refractivity contribution is 5.74. The number of anilines is 1. The van der Waals surface area contributed by atoms with Gasteiger partial charge >= 0.3 is 5.69 Å². The van der Waals surface area contributed by atoms with Gasteiger partial charge in [0.15, 0.2) is 11.2 Å². The van der Waals surface area contributed by atoms with E-state index >= 15 is 0 Å². The minimum absolute atomic E-state index is 0.000763. The van der Waals surface area contributed by atoms with Crippen molar-refractivity contribution in [1.29, 1.82) is 0 Å². The molecule has 1 aromatic carbocycles. The Morgan fingerprint density at radius 1 is 1.23 bits per heavy atom. The van der Waals surface area contributed by atoms with Crippen LogP contribution >= 0.6 is 0 Å². The van der Waals surface area contributed by atoms with E-state index in [1.807, 2.05) is 24.3 Å². The number of aromatic nitrogens is 4. The minimum atomic E-state index is -0.928. The Hall–Kier alpha value is -3.11. The van der Waals surface area contributed by atoms with Crippen molar-refractivity contribution < 1.29 is 14.9 Å². The number of aliphatic hydroxyl groups excluding tert-OH is 2. The standard InChI is InChI=1S/C21H29N5O5/c1-4-14-7-5-8-16(11-14)31-13-15(28)12-26-17-18(23-20(26)22-9-6-10-27)24(2)21(30)25(3)19(17)29/h5,7-8,11,15,27-28H,4,6,9-10,12-13H2,1-3H3,(H,22,23)/t15-/m1/s1. The van der Waals surface area contributed by atoms with Crippen molar-refractivity contribution in [2.45, 2.75) is 32.4 Å². The van der Waals surface area contributed by atoms with E-state index in [4.69, 9.17) is 9.84 Å². The molecule has 0 aliphatic rings. The lowest BCUT2D eigenvalue weighted by Gasteiger charge is -2.16. The lowest BCUT2D eigenvalue weighted by atomic mass is 10.2. The number of nitrogens with one attached hydrogen (secondary N) is 1. The molecule has 10 nitrogen and oxygen atoms in total. The molecule has 0 aliphatic heterocycles. The molecule has 0 spiro atoms. The number of hydrogen-bond acceptors (Lipinski definition) is 7. The monoisotopic (exact) mass is 431 g/mol. The molecule has 31 heavy (non-hydrogen) atoms. The first kappa shape index (κ1) is 22.6. The molecular weight excluding hydrogens is 402 g/mol. The normalized spacial score (nSPS) is 12.3. The van der Waals surface area contributed by atoms with Gasteiger partial charge in [-0.2, -0.15) is 4.98 Å². The van der Waals surface area contributed by atoms with Gasteiger partial charge < -0.3 is 24.8 Å². The zero-order valence-electron chi connectivity index (χ0n) is 18.0. The fraction of sp³-hybridized carbons (Fsp3) is 0.476. The predicted molar refractivity (Wildman–Crippen MR) is 118 cm³/mol. The molecule has 0 bridgehead atoms. The maximum Gasteiger partial charge on any atom is 0.332 e. The van der Waals surface area contributed by atoms with Crippen molar-refractivity contribution in [2.75, 3.05) is 25.1 Å². The van der Waals surface area contributed by atoms with Crippen LogP contribution in [0.25, 0.3) is 11.2 Å². The average molecular weight is 431 g/mol. The van der Waals surface area contributed by atoms with Crippen molar-refractivity contribution in [1.82, 2.24) is 18.7 Å². The maximum absolute atomic E-state index is 12.8. The molecule has 1 atom stereocenters. The Balaban J connectivity index is 1.90. The number of benzene rings is 1. The first-order valence-corrected chi connectivity index (χ1v) is 10.3. The number of aryl methyl sites for hydroxylation is 2. The molecule has 168 valence electrons. The first-order chi connectivity index (χ1) is 14.9. The Morgan fingerprint density at radius 2 is 2.00 bits per heavy atom. The Labute approximate surface area is 179 Å². The van der Waals surface area contributed by atoms with Gasteiger partial charge in [-0.05, 0) is 30.5 Å². The number of imidazole rings is 1. The van der Waals surface area contributed by atoms with E-state index in [-0.39, 0.29) is 30.9 Å². The summed E-state index contributed by atoms with van der Waals surface area (Å²) in [5.41, 5.74) is 0.590. The van der Waals surface area contributed by atoms with Crippen LogP contribution in [0.4, 0.5) is 5.95 Å². The molecule has 3 N–H and O–H groups in total. The van der Waals surface area contributed by atoms with Crippen molar-refractivity contribution in [3.8, 4) is 5.75 Å². The smallest absolute Gasteiger partial charge is 0.332 e. The van der Waals surface area contributed by atoms with Gasteiger partial charge in [0, 0.05) is 27.2 Å². The van der Waals surface area contributed by atoms with Gasteiger partial charge in [0.05, 0.1) is 6.54 Å². The van der Waals surface area contributed by atoms with Crippen LogP contribution in [0.15, 0.2) is 33.9 Å². The Morgan fingerprint density at radius 3 is 2.71 bits per heavy atom. The Kier molecular flexibility index (Phi) is 7.13. The third-order valence-corrected chi connectivity index (χ3v) is 5.11. The third-order valence-electron chi connectivity index (χ3n) is 5.11. The van der Waals surface area contributed by atoms with Crippen molar-refractivity contribution in [2.24, 2.45) is 14.1 Å². The predicted octanol–water partition coefficient (Wildman–Crippen LogP) is 0.230. The molecule has 0 radical (unpaired) electrons. The largest absolute Gasteiger partial charge is 0.491 e. The van der Waals surface area contributed by atoms with Crippen LogP contribution in [-0.4, -0.2) is 54.8 Å². The van der Waals surface area contributed by atoms with Crippen LogP contribution in [0.3, 0.4) is 0 Å². The Bertz CT molecular complexity index is 1160. The van der Waals surface area contributed by atoms with E-state index in [2.05, 4.69) is 17.2 Å². The second-order valence-corrected chi connectivity index (χ2v) is 7.39. The number of fused-ring (bicyclic) bond motifs is 1. The molecule has 0 fully saturated rings. The van der Waals surface area contributed by atoms with Gasteiger partial charge in [-0.3, -0.25) is 13.9 Å². The van der Waals surface area contributed by atoms with Crippen molar-refractivity contribution in [3.63, 3.8) is 0 Å². The summed E-state index contributed by atoms with van der Waals surface area (Å²) in [6, 6.07) is 7.65. The number of rotatable bonds is 10. The van der Waals surface area contributed by atoms with E-state index in [0.29, 0.717) is 24.7 Å².